The highest BCUT2D eigenvalue weighted by Gasteiger charge is 2.45. The zero-order valence-corrected chi connectivity index (χ0v) is 10.0. The fourth-order valence-corrected chi connectivity index (χ4v) is 1.45. The van der Waals surface area contributed by atoms with E-state index in [1.165, 1.54) is 12.1 Å². The molecule has 1 aromatic rings. The number of carbonyl (C=O) groups is 1. The maximum absolute atomic E-state index is 14.6. The van der Waals surface area contributed by atoms with Gasteiger partial charge in [0.1, 0.15) is 0 Å². The average Bonchev–Trinajstić information content (AvgIpc) is 2.28. The number of hydrogen-bond donors (Lipinski definition) is 0. The third-order valence-electron chi connectivity index (χ3n) is 2.32. The molecule has 1 unspecified atom stereocenters. The summed E-state index contributed by atoms with van der Waals surface area (Å²) in [5.41, 5.74) is 7.57. The van der Waals surface area contributed by atoms with Crippen LogP contribution in [0.3, 0.4) is 0 Å². The lowest BCUT2D eigenvalue weighted by atomic mass is 9.82. The van der Waals surface area contributed by atoms with Gasteiger partial charge in [-0.3, -0.25) is 4.79 Å². The summed E-state index contributed by atoms with van der Waals surface area (Å²) in [7, 11) is 0. The molecule has 0 heterocycles. The summed E-state index contributed by atoms with van der Waals surface area (Å²) in [6.45, 7) is 4.75. The molecular formula is C12H14FN3O. The van der Waals surface area contributed by atoms with E-state index in [1.54, 1.807) is 39.0 Å². The number of carbonyl (C=O) groups excluding carboxylic acids is 1. The number of halogens is 1. The first-order chi connectivity index (χ1) is 7.82. The van der Waals surface area contributed by atoms with Gasteiger partial charge in [-0.1, -0.05) is 51.1 Å². The number of benzene rings is 1. The SMILES string of the molecule is CC(C)(C)C(=O)C(F)(N=[N+]=[N-])c1ccccc1. The Morgan fingerprint density at radius 1 is 1.29 bits per heavy atom. The largest absolute Gasteiger partial charge is 0.295 e. The van der Waals surface area contributed by atoms with Gasteiger partial charge in [0.15, 0.2) is 5.78 Å². The van der Waals surface area contributed by atoms with Crippen LogP contribution in [0.2, 0.25) is 0 Å². The number of ketones is 1. The molecule has 4 nitrogen and oxygen atoms in total. The lowest BCUT2D eigenvalue weighted by Crippen LogP contribution is -2.37. The molecule has 90 valence electrons. The molecule has 0 saturated carbocycles. The summed E-state index contributed by atoms with van der Waals surface area (Å²) in [6, 6.07) is 7.73. The highest BCUT2D eigenvalue weighted by Crippen LogP contribution is 2.36. The first-order valence-electron chi connectivity index (χ1n) is 5.18. The molecule has 0 saturated heterocycles. The molecule has 0 fully saturated rings. The minimum absolute atomic E-state index is 0.0534. The van der Waals surface area contributed by atoms with Crippen LogP contribution in [-0.4, -0.2) is 5.78 Å². The zero-order valence-electron chi connectivity index (χ0n) is 10.0. The molecule has 0 aromatic heterocycles. The van der Waals surface area contributed by atoms with Crippen LogP contribution in [0.4, 0.5) is 4.39 Å². The maximum Gasteiger partial charge on any atom is 0.272 e. The summed E-state index contributed by atoms with van der Waals surface area (Å²) in [5, 5.41) is 3.06. The molecule has 17 heavy (non-hydrogen) atoms. The van der Waals surface area contributed by atoms with E-state index in [2.05, 4.69) is 10.0 Å². The monoisotopic (exact) mass is 235 g/mol. The van der Waals surface area contributed by atoms with Crippen LogP contribution in [0.5, 0.6) is 0 Å². The summed E-state index contributed by atoms with van der Waals surface area (Å²) < 4.78 is 14.6. The second kappa shape index (κ2) is 4.55. The molecule has 0 aliphatic carbocycles. The van der Waals surface area contributed by atoms with Crippen molar-refractivity contribution in [2.24, 2.45) is 10.5 Å². The van der Waals surface area contributed by atoms with Gasteiger partial charge in [-0.15, -0.1) is 0 Å². The number of nitrogens with zero attached hydrogens (tertiary/aromatic N) is 3. The number of hydrogen-bond acceptors (Lipinski definition) is 2. The summed E-state index contributed by atoms with van der Waals surface area (Å²) >= 11 is 0. The van der Waals surface area contributed by atoms with Crippen molar-refractivity contribution in [3.63, 3.8) is 0 Å². The predicted octanol–water partition coefficient (Wildman–Crippen LogP) is 3.73. The molecule has 0 aliphatic heterocycles. The Labute approximate surface area is 99.1 Å². The molecule has 0 amide bonds. The van der Waals surface area contributed by atoms with Gasteiger partial charge in [-0.2, -0.15) is 0 Å². The van der Waals surface area contributed by atoms with Crippen LogP contribution in [0.1, 0.15) is 26.3 Å². The van der Waals surface area contributed by atoms with E-state index < -0.39 is 17.0 Å². The maximum atomic E-state index is 14.6. The fourth-order valence-electron chi connectivity index (χ4n) is 1.45. The molecule has 0 N–H and O–H groups in total. The molecule has 0 radical (unpaired) electrons. The van der Waals surface area contributed by atoms with Crippen molar-refractivity contribution in [1.29, 1.82) is 0 Å². The second-order valence-electron chi connectivity index (χ2n) is 4.76. The van der Waals surface area contributed by atoms with E-state index >= 15 is 0 Å². The standard InChI is InChI=1S/C12H14FN3O/c1-11(2,3)10(17)12(13,15-16-14)9-7-5-4-6-8-9/h4-8H,1-3H3. The van der Waals surface area contributed by atoms with Crippen LogP contribution in [-0.2, 0) is 10.6 Å². The molecule has 1 aromatic carbocycles. The van der Waals surface area contributed by atoms with Crippen molar-refractivity contribution >= 4 is 5.78 Å². The smallest absolute Gasteiger partial charge is 0.272 e. The van der Waals surface area contributed by atoms with Crippen molar-refractivity contribution in [3.8, 4) is 0 Å². The van der Waals surface area contributed by atoms with E-state index in [4.69, 9.17) is 5.53 Å². The Bertz CT molecular complexity index is 460. The molecule has 0 spiro atoms. The van der Waals surface area contributed by atoms with Crippen LogP contribution in [0, 0.1) is 5.41 Å². The Morgan fingerprint density at radius 3 is 2.24 bits per heavy atom. The van der Waals surface area contributed by atoms with Gasteiger partial charge in [0.2, 0.25) is 0 Å². The predicted molar refractivity (Wildman–Crippen MR) is 62.8 cm³/mol. The van der Waals surface area contributed by atoms with Gasteiger partial charge >= 0.3 is 0 Å². The van der Waals surface area contributed by atoms with Gasteiger partial charge in [-0.05, 0) is 10.6 Å². The van der Waals surface area contributed by atoms with Gasteiger partial charge in [0.25, 0.3) is 5.79 Å². The molecule has 0 bridgehead atoms. The normalized spacial score (nSPS) is 14.6. The topological polar surface area (TPSA) is 65.8 Å². The lowest BCUT2D eigenvalue weighted by Gasteiger charge is -2.26. The Kier molecular flexibility index (Phi) is 3.53. The minimum atomic E-state index is -2.64. The van der Waals surface area contributed by atoms with Gasteiger partial charge in [0.05, 0.1) is 0 Å². The third-order valence-corrected chi connectivity index (χ3v) is 2.32. The van der Waals surface area contributed by atoms with Crippen molar-refractivity contribution in [1.82, 2.24) is 0 Å². The average molecular weight is 235 g/mol. The molecular weight excluding hydrogens is 221 g/mol. The van der Waals surface area contributed by atoms with Crippen LogP contribution >= 0.6 is 0 Å². The zero-order chi connectivity index (χ0) is 13.1. The van der Waals surface area contributed by atoms with Crippen LogP contribution in [0.15, 0.2) is 35.4 Å². The first-order valence-corrected chi connectivity index (χ1v) is 5.18. The van der Waals surface area contributed by atoms with E-state index in [0.717, 1.165) is 0 Å². The molecule has 1 rings (SSSR count). The first kappa shape index (κ1) is 13.2. The van der Waals surface area contributed by atoms with Gasteiger partial charge in [0, 0.05) is 15.9 Å². The molecule has 5 heteroatoms. The van der Waals surface area contributed by atoms with E-state index in [-0.39, 0.29) is 5.56 Å². The summed E-state index contributed by atoms with van der Waals surface area (Å²) in [5.74, 6) is -3.40. The summed E-state index contributed by atoms with van der Waals surface area (Å²) in [6.07, 6.45) is 0. The Hall–Kier alpha value is -1.87. The van der Waals surface area contributed by atoms with E-state index in [1.807, 2.05) is 0 Å². The second-order valence-corrected chi connectivity index (χ2v) is 4.76. The minimum Gasteiger partial charge on any atom is -0.295 e. The number of azide groups is 1. The van der Waals surface area contributed by atoms with Crippen molar-refractivity contribution in [3.05, 3.63) is 46.3 Å². The van der Waals surface area contributed by atoms with Gasteiger partial charge in [-0.25, -0.2) is 4.39 Å². The molecule has 1 atom stereocenters. The van der Waals surface area contributed by atoms with Crippen LogP contribution in [0.25, 0.3) is 10.4 Å². The van der Waals surface area contributed by atoms with E-state index in [9.17, 15) is 9.18 Å². The Morgan fingerprint density at radius 2 is 1.82 bits per heavy atom. The van der Waals surface area contributed by atoms with Crippen molar-refractivity contribution in [2.75, 3.05) is 0 Å². The Balaban J connectivity index is 3.34. The summed E-state index contributed by atoms with van der Waals surface area (Å²) in [4.78, 5) is 14.5. The highest BCUT2D eigenvalue weighted by atomic mass is 19.1. The molecule has 0 aliphatic rings. The van der Waals surface area contributed by atoms with Crippen molar-refractivity contribution in [2.45, 2.75) is 26.6 Å². The lowest BCUT2D eigenvalue weighted by molar-refractivity contribution is -0.139. The van der Waals surface area contributed by atoms with Crippen molar-refractivity contribution < 1.29 is 9.18 Å². The number of alkyl halides is 1. The van der Waals surface area contributed by atoms with Crippen LogP contribution < -0.4 is 0 Å². The van der Waals surface area contributed by atoms with Gasteiger partial charge < -0.3 is 0 Å². The highest BCUT2D eigenvalue weighted by molar-refractivity contribution is 5.92. The quantitative estimate of drug-likeness (QED) is 0.340. The number of rotatable bonds is 3. The fraction of sp³-hybridized carbons (Fsp3) is 0.417. The third kappa shape index (κ3) is 2.63. The number of Topliss-reactive ketones (excluding diaryl/α,β-unsaturated/α-hetero) is 1. The van der Waals surface area contributed by atoms with E-state index in [0.29, 0.717) is 0 Å².